The number of halogens is 2. The monoisotopic (exact) mass is 297 g/mol. The summed E-state index contributed by atoms with van der Waals surface area (Å²) in [7, 11) is 0. The second-order valence-corrected chi connectivity index (χ2v) is 7.15. The molecule has 0 heterocycles. The first-order valence-electron chi connectivity index (χ1n) is 7.62. The second kappa shape index (κ2) is 6.44. The summed E-state index contributed by atoms with van der Waals surface area (Å²) in [6, 6.07) is 4.76. The zero-order chi connectivity index (χ0) is 14.8. The SMILES string of the molecule is CC(C)CC1(C(N)Cc2cc(Cl)ccc2F)CCCC1. The molecule has 1 aliphatic carbocycles. The van der Waals surface area contributed by atoms with Gasteiger partial charge >= 0.3 is 0 Å². The van der Waals surface area contributed by atoms with Gasteiger partial charge in [0.1, 0.15) is 5.82 Å². The Morgan fingerprint density at radius 3 is 2.55 bits per heavy atom. The Morgan fingerprint density at radius 2 is 1.95 bits per heavy atom. The molecule has 2 rings (SSSR count). The van der Waals surface area contributed by atoms with Crippen LogP contribution in [0.2, 0.25) is 5.02 Å². The van der Waals surface area contributed by atoms with E-state index in [1.807, 2.05) is 0 Å². The van der Waals surface area contributed by atoms with E-state index in [-0.39, 0.29) is 17.3 Å². The molecule has 0 bridgehead atoms. The maximum atomic E-state index is 13.9. The fraction of sp³-hybridized carbons (Fsp3) is 0.647. The average Bonchev–Trinajstić information content (AvgIpc) is 2.82. The van der Waals surface area contributed by atoms with Crippen molar-refractivity contribution in [1.29, 1.82) is 0 Å². The number of hydrogen-bond donors (Lipinski definition) is 1. The van der Waals surface area contributed by atoms with Gasteiger partial charge in [-0.05, 0) is 60.8 Å². The first-order valence-corrected chi connectivity index (χ1v) is 8.00. The molecule has 0 aromatic heterocycles. The minimum Gasteiger partial charge on any atom is -0.327 e. The number of hydrogen-bond acceptors (Lipinski definition) is 1. The first-order chi connectivity index (χ1) is 9.43. The normalized spacial score (nSPS) is 19.5. The minimum absolute atomic E-state index is 0.0142. The highest BCUT2D eigenvalue weighted by Gasteiger charge is 2.39. The molecule has 112 valence electrons. The predicted octanol–water partition coefficient (Wildman–Crippen LogP) is 4.96. The van der Waals surface area contributed by atoms with Crippen LogP contribution >= 0.6 is 11.6 Å². The van der Waals surface area contributed by atoms with Gasteiger partial charge in [0, 0.05) is 11.1 Å². The molecular weight excluding hydrogens is 273 g/mol. The Kier molecular flexibility index (Phi) is 5.09. The Labute approximate surface area is 126 Å². The van der Waals surface area contributed by atoms with Crippen LogP contribution in [0.15, 0.2) is 18.2 Å². The Hall–Kier alpha value is -0.600. The van der Waals surface area contributed by atoms with Gasteiger partial charge in [0.05, 0.1) is 0 Å². The van der Waals surface area contributed by atoms with Crippen molar-refractivity contribution in [2.45, 2.75) is 58.4 Å². The van der Waals surface area contributed by atoms with Crippen LogP contribution in [0.1, 0.15) is 51.5 Å². The molecule has 0 saturated heterocycles. The van der Waals surface area contributed by atoms with Crippen LogP contribution < -0.4 is 5.73 Å². The van der Waals surface area contributed by atoms with Crippen LogP contribution in [0.3, 0.4) is 0 Å². The van der Waals surface area contributed by atoms with Gasteiger partial charge in [-0.15, -0.1) is 0 Å². The third-order valence-electron chi connectivity index (χ3n) is 4.65. The second-order valence-electron chi connectivity index (χ2n) is 6.71. The standard InChI is InChI=1S/C17H25ClFN/c1-12(2)11-17(7-3-4-8-17)16(20)10-13-9-14(18)5-6-15(13)19/h5-6,9,12,16H,3-4,7-8,10-11,20H2,1-2H3. The molecule has 1 saturated carbocycles. The first kappa shape index (κ1) is 15.8. The Bertz CT molecular complexity index is 452. The molecule has 1 atom stereocenters. The molecule has 0 spiro atoms. The van der Waals surface area contributed by atoms with E-state index >= 15 is 0 Å². The number of nitrogens with two attached hydrogens (primary N) is 1. The molecule has 2 N–H and O–H groups in total. The molecule has 1 aromatic carbocycles. The third kappa shape index (κ3) is 3.53. The summed E-state index contributed by atoms with van der Waals surface area (Å²) < 4.78 is 13.9. The Balaban J connectivity index is 2.16. The molecule has 0 radical (unpaired) electrons. The summed E-state index contributed by atoms with van der Waals surface area (Å²) in [5.74, 6) is 0.436. The van der Waals surface area contributed by atoms with Crippen molar-refractivity contribution in [3.05, 3.63) is 34.6 Å². The summed E-state index contributed by atoms with van der Waals surface area (Å²) in [6.45, 7) is 4.49. The van der Waals surface area contributed by atoms with Gasteiger partial charge in [-0.2, -0.15) is 0 Å². The lowest BCUT2D eigenvalue weighted by Gasteiger charge is -2.37. The fourth-order valence-electron chi connectivity index (χ4n) is 3.77. The van der Waals surface area contributed by atoms with Gasteiger partial charge in [0.15, 0.2) is 0 Å². The van der Waals surface area contributed by atoms with Gasteiger partial charge in [-0.1, -0.05) is 38.3 Å². The van der Waals surface area contributed by atoms with Crippen LogP contribution in [0.5, 0.6) is 0 Å². The Morgan fingerprint density at radius 1 is 1.30 bits per heavy atom. The maximum Gasteiger partial charge on any atom is 0.126 e. The quantitative estimate of drug-likeness (QED) is 0.817. The number of rotatable bonds is 5. The summed E-state index contributed by atoms with van der Waals surface area (Å²) in [4.78, 5) is 0. The smallest absolute Gasteiger partial charge is 0.126 e. The topological polar surface area (TPSA) is 26.0 Å². The molecule has 1 aromatic rings. The van der Waals surface area contributed by atoms with E-state index in [9.17, 15) is 4.39 Å². The lowest BCUT2D eigenvalue weighted by Crippen LogP contribution is -2.42. The molecule has 1 unspecified atom stereocenters. The van der Waals surface area contributed by atoms with Crippen LogP contribution in [-0.4, -0.2) is 6.04 Å². The van der Waals surface area contributed by atoms with Crippen molar-refractivity contribution in [3.8, 4) is 0 Å². The lowest BCUT2D eigenvalue weighted by atomic mass is 9.71. The highest BCUT2D eigenvalue weighted by Crippen LogP contribution is 2.46. The highest BCUT2D eigenvalue weighted by atomic mass is 35.5. The van der Waals surface area contributed by atoms with Gasteiger partial charge in [-0.25, -0.2) is 4.39 Å². The van der Waals surface area contributed by atoms with Crippen LogP contribution in [0.25, 0.3) is 0 Å². The van der Waals surface area contributed by atoms with Crippen LogP contribution in [0, 0.1) is 17.2 Å². The van der Waals surface area contributed by atoms with Crippen molar-refractivity contribution in [1.82, 2.24) is 0 Å². The van der Waals surface area contributed by atoms with Crippen molar-refractivity contribution >= 4 is 11.6 Å². The fourth-order valence-corrected chi connectivity index (χ4v) is 3.97. The molecule has 1 nitrogen and oxygen atoms in total. The van der Waals surface area contributed by atoms with Crippen molar-refractivity contribution in [2.24, 2.45) is 17.1 Å². The number of benzene rings is 1. The molecule has 0 aliphatic heterocycles. The summed E-state index contributed by atoms with van der Waals surface area (Å²) in [5.41, 5.74) is 7.34. The van der Waals surface area contributed by atoms with Crippen molar-refractivity contribution < 1.29 is 4.39 Å². The van der Waals surface area contributed by atoms with E-state index in [1.165, 1.54) is 31.7 Å². The van der Waals surface area contributed by atoms with Crippen LogP contribution in [0.4, 0.5) is 4.39 Å². The van der Waals surface area contributed by atoms with Gasteiger partial charge in [-0.3, -0.25) is 0 Å². The molecular formula is C17H25ClFN. The summed E-state index contributed by atoms with van der Waals surface area (Å²) in [6.07, 6.45) is 6.56. The highest BCUT2D eigenvalue weighted by molar-refractivity contribution is 6.30. The van der Waals surface area contributed by atoms with E-state index in [0.29, 0.717) is 22.9 Å². The third-order valence-corrected chi connectivity index (χ3v) is 4.88. The van der Waals surface area contributed by atoms with E-state index in [2.05, 4.69) is 13.8 Å². The summed E-state index contributed by atoms with van der Waals surface area (Å²) >= 11 is 5.97. The van der Waals surface area contributed by atoms with Gasteiger partial charge in [0.25, 0.3) is 0 Å². The minimum atomic E-state index is -0.192. The largest absolute Gasteiger partial charge is 0.327 e. The van der Waals surface area contributed by atoms with E-state index in [1.54, 1.807) is 12.1 Å². The molecule has 1 aliphatic rings. The zero-order valence-corrected chi connectivity index (χ0v) is 13.2. The molecule has 1 fully saturated rings. The molecule has 0 amide bonds. The predicted molar refractivity (Wildman–Crippen MR) is 83.4 cm³/mol. The van der Waals surface area contributed by atoms with E-state index in [0.717, 1.165) is 6.42 Å². The molecule has 3 heteroatoms. The van der Waals surface area contributed by atoms with E-state index < -0.39 is 0 Å². The maximum absolute atomic E-state index is 13.9. The van der Waals surface area contributed by atoms with Crippen LogP contribution in [-0.2, 0) is 6.42 Å². The average molecular weight is 298 g/mol. The van der Waals surface area contributed by atoms with Crippen molar-refractivity contribution in [2.75, 3.05) is 0 Å². The van der Waals surface area contributed by atoms with E-state index in [4.69, 9.17) is 17.3 Å². The lowest BCUT2D eigenvalue weighted by molar-refractivity contribution is 0.181. The van der Waals surface area contributed by atoms with Gasteiger partial charge in [0.2, 0.25) is 0 Å². The molecule has 20 heavy (non-hydrogen) atoms. The van der Waals surface area contributed by atoms with Crippen molar-refractivity contribution in [3.63, 3.8) is 0 Å². The van der Waals surface area contributed by atoms with Gasteiger partial charge < -0.3 is 5.73 Å². The zero-order valence-electron chi connectivity index (χ0n) is 12.5. The summed E-state index contributed by atoms with van der Waals surface area (Å²) in [5, 5.41) is 0.581.